The van der Waals surface area contributed by atoms with E-state index in [9.17, 15) is 0 Å². The molecule has 3 heteroatoms. The summed E-state index contributed by atoms with van der Waals surface area (Å²) >= 11 is 8.83. The monoisotopic (exact) mass is 215 g/mol. The minimum atomic E-state index is 0.541. The van der Waals surface area contributed by atoms with Crippen molar-refractivity contribution in [3.63, 3.8) is 0 Å². The van der Waals surface area contributed by atoms with Gasteiger partial charge in [0.1, 0.15) is 10.3 Å². The van der Waals surface area contributed by atoms with Crippen molar-refractivity contribution in [1.29, 1.82) is 0 Å². The summed E-state index contributed by atoms with van der Waals surface area (Å²) in [6, 6.07) is 3.31. The molecule has 0 N–H and O–H groups in total. The highest BCUT2D eigenvalue weighted by molar-refractivity contribution is 9.10. The Bertz CT molecular complexity index is 270. The summed E-state index contributed by atoms with van der Waals surface area (Å²) in [4.78, 5) is 3.95. The first kappa shape index (κ1) is 7.59. The Morgan fingerprint density at radius 2 is 2.30 bits per heavy atom. The number of rotatable bonds is 0. The van der Waals surface area contributed by atoms with Crippen LogP contribution in [0.4, 0.5) is 0 Å². The highest BCUT2D eigenvalue weighted by Gasteiger charge is 1.94. The third-order valence-corrected chi connectivity index (χ3v) is 1.53. The molecule has 1 rings (SSSR count). The molecule has 0 aliphatic heterocycles. The van der Waals surface area contributed by atoms with Crippen molar-refractivity contribution in [3.05, 3.63) is 27.5 Å². The topological polar surface area (TPSA) is 12.9 Å². The number of halogens is 2. The van der Waals surface area contributed by atoms with E-state index in [1.165, 1.54) is 0 Å². The molecule has 0 aliphatic rings. The molecular formula is C7H3BrClN. The molecular weight excluding hydrogens is 213 g/mol. The smallest absolute Gasteiger partial charge is 0.115 e. The normalized spacial score (nSPS) is 8.90. The molecule has 0 radical (unpaired) electrons. The quantitative estimate of drug-likeness (QED) is 0.480. The highest BCUT2D eigenvalue weighted by Crippen LogP contribution is 2.14. The fraction of sp³-hybridized carbons (Fsp3) is 0. The summed E-state index contributed by atoms with van der Waals surface area (Å²) in [7, 11) is 0. The molecule has 0 spiro atoms. The maximum absolute atomic E-state index is 5.66. The van der Waals surface area contributed by atoms with E-state index < -0.39 is 0 Å². The Morgan fingerprint density at radius 1 is 1.60 bits per heavy atom. The highest BCUT2D eigenvalue weighted by atomic mass is 79.9. The summed E-state index contributed by atoms with van der Waals surface area (Å²) in [6.45, 7) is 0. The molecule has 0 bridgehead atoms. The van der Waals surface area contributed by atoms with Crippen molar-refractivity contribution in [1.82, 2.24) is 4.98 Å². The lowest BCUT2D eigenvalue weighted by molar-refractivity contribution is 1.24. The molecule has 50 valence electrons. The van der Waals surface area contributed by atoms with E-state index >= 15 is 0 Å². The third-order valence-electron chi connectivity index (χ3n) is 0.907. The van der Waals surface area contributed by atoms with Gasteiger partial charge in [-0.3, -0.25) is 0 Å². The number of pyridine rings is 1. The molecule has 1 aromatic rings. The zero-order valence-corrected chi connectivity index (χ0v) is 7.28. The van der Waals surface area contributed by atoms with Crippen molar-refractivity contribution in [3.8, 4) is 12.3 Å². The second kappa shape index (κ2) is 3.05. The van der Waals surface area contributed by atoms with Gasteiger partial charge in [-0.15, -0.1) is 6.42 Å². The Hall–Kier alpha value is -0.520. The van der Waals surface area contributed by atoms with Crippen molar-refractivity contribution < 1.29 is 0 Å². The summed E-state index contributed by atoms with van der Waals surface area (Å²) in [6.07, 6.45) is 5.10. The summed E-state index contributed by atoms with van der Waals surface area (Å²) in [5.41, 5.74) is 0.541. The number of hydrogen-bond acceptors (Lipinski definition) is 1. The Labute approximate surface area is 72.6 Å². The number of nitrogens with zero attached hydrogens (tertiary/aromatic N) is 1. The van der Waals surface area contributed by atoms with Crippen molar-refractivity contribution in [2.24, 2.45) is 0 Å². The zero-order valence-electron chi connectivity index (χ0n) is 4.94. The van der Waals surface area contributed by atoms with Gasteiger partial charge in [-0.25, -0.2) is 4.98 Å². The van der Waals surface area contributed by atoms with Crippen LogP contribution in [0, 0.1) is 12.3 Å². The maximum Gasteiger partial charge on any atom is 0.115 e. The molecule has 0 saturated carbocycles. The van der Waals surface area contributed by atoms with E-state index in [0.717, 1.165) is 0 Å². The van der Waals surface area contributed by atoms with Crippen LogP contribution in [0.5, 0.6) is 0 Å². The van der Waals surface area contributed by atoms with E-state index in [4.69, 9.17) is 18.0 Å². The van der Waals surface area contributed by atoms with Crippen LogP contribution in [-0.4, -0.2) is 4.98 Å². The van der Waals surface area contributed by atoms with Crippen molar-refractivity contribution in [2.45, 2.75) is 0 Å². The van der Waals surface area contributed by atoms with E-state index in [1.54, 1.807) is 12.1 Å². The number of aromatic nitrogens is 1. The molecule has 1 aromatic heterocycles. The van der Waals surface area contributed by atoms with Crippen LogP contribution in [0.25, 0.3) is 0 Å². The fourth-order valence-electron chi connectivity index (χ4n) is 0.540. The van der Waals surface area contributed by atoms with Gasteiger partial charge in [0.15, 0.2) is 0 Å². The van der Waals surface area contributed by atoms with E-state index in [1.807, 2.05) is 0 Å². The van der Waals surface area contributed by atoms with Crippen LogP contribution in [-0.2, 0) is 0 Å². The molecule has 0 fully saturated rings. The molecule has 0 saturated heterocycles. The largest absolute Gasteiger partial charge is 0.232 e. The summed E-state index contributed by atoms with van der Waals surface area (Å²) < 4.78 is 0.660. The van der Waals surface area contributed by atoms with Gasteiger partial charge in [-0.05, 0) is 28.1 Å². The number of terminal acetylenes is 1. The molecule has 0 aliphatic carbocycles. The molecule has 1 heterocycles. The standard InChI is InChI=1S/C7H3BrClN/c1-2-6-3-5(9)4-7(8)10-6/h1,3-4H. The van der Waals surface area contributed by atoms with Gasteiger partial charge >= 0.3 is 0 Å². The molecule has 0 aromatic carbocycles. The molecule has 10 heavy (non-hydrogen) atoms. The lowest BCUT2D eigenvalue weighted by Crippen LogP contribution is -1.81. The Kier molecular flexibility index (Phi) is 2.31. The van der Waals surface area contributed by atoms with E-state index in [2.05, 4.69) is 26.8 Å². The van der Waals surface area contributed by atoms with Crippen LogP contribution in [0.3, 0.4) is 0 Å². The van der Waals surface area contributed by atoms with Crippen LogP contribution >= 0.6 is 27.5 Å². The third kappa shape index (κ3) is 1.73. The van der Waals surface area contributed by atoms with E-state index in [0.29, 0.717) is 15.3 Å². The lowest BCUT2D eigenvalue weighted by Gasteiger charge is -1.92. The van der Waals surface area contributed by atoms with Gasteiger partial charge in [0.2, 0.25) is 0 Å². The first-order chi connectivity index (χ1) is 4.72. The van der Waals surface area contributed by atoms with Gasteiger partial charge in [0.05, 0.1) is 0 Å². The molecule has 1 nitrogen and oxygen atoms in total. The predicted octanol–water partition coefficient (Wildman–Crippen LogP) is 2.48. The fourth-order valence-corrected chi connectivity index (χ4v) is 1.32. The van der Waals surface area contributed by atoms with Crippen LogP contribution in [0.1, 0.15) is 5.69 Å². The number of hydrogen-bond donors (Lipinski definition) is 0. The molecule has 0 amide bonds. The Morgan fingerprint density at radius 3 is 2.80 bits per heavy atom. The van der Waals surface area contributed by atoms with Crippen molar-refractivity contribution in [2.75, 3.05) is 0 Å². The van der Waals surface area contributed by atoms with Gasteiger partial charge in [-0.1, -0.05) is 17.5 Å². The lowest BCUT2D eigenvalue weighted by atomic mass is 10.4. The average Bonchev–Trinajstić information content (AvgIpc) is 1.85. The summed E-state index contributed by atoms with van der Waals surface area (Å²) in [5.74, 6) is 2.38. The van der Waals surface area contributed by atoms with Crippen LogP contribution in [0.15, 0.2) is 16.7 Å². The van der Waals surface area contributed by atoms with Gasteiger partial charge in [0, 0.05) is 5.02 Å². The molecule has 0 unspecified atom stereocenters. The SMILES string of the molecule is C#Cc1cc(Cl)cc(Br)n1. The zero-order chi connectivity index (χ0) is 7.56. The maximum atomic E-state index is 5.66. The minimum absolute atomic E-state index is 0.541. The second-order valence-electron chi connectivity index (χ2n) is 1.64. The van der Waals surface area contributed by atoms with Crippen LogP contribution < -0.4 is 0 Å². The first-order valence-corrected chi connectivity index (χ1v) is 3.69. The first-order valence-electron chi connectivity index (χ1n) is 2.52. The minimum Gasteiger partial charge on any atom is -0.232 e. The Balaban J connectivity index is 3.22. The predicted molar refractivity (Wildman–Crippen MR) is 44.9 cm³/mol. The van der Waals surface area contributed by atoms with Crippen molar-refractivity contribution >= 4 is 27.5 Å². The molecule has 0 atom stereocenters. The van der Waals surface area contributed by atoms with Gasteiger partial charge in [-0.2, -0.15) is 0 Å². The van der Waals surface area contributed by atoms with Crippen LogP contribution in [0.2, 0.25) is 5.02 Å². The average molecular weight is 216 g/mol. The van der Waals surface area contributed by atoms with Gasteiger partial charge < -0.3 is 0 Å². The van der Waals surface area contributed by atoms with E-state index in [-0.39, 0.29) is 0 Å². The second-order valence-corrected chi connectivity index (χ2v) is 2.89. The summed E-state index contributed by atoms with van der Waals surface area (Å²) in [5, 5.41) is 0.592. The van der Waals surface area contributed by atoms with Gasteiger partial charge in [0.25, 0.3) is 0 Å².